The number of aryl methyl sites for hydroxylation is 1. The van der Waals surface area contributed by atoms with E-state index < -0.39 is 21.5 Å². The number of thiazole rings is 1. The highest BCUT2D eigenvalue weighted by Gasteiger charge is 2.21. The molecule has 0 aliphatic rings. The molecule has 22 heavy (non-hydrogen) atoms. The predicted octanol–water partition coefficient (Wildman–Crippen LogP) is 2.12. The van der Waals surface area contributed by atoms with E-state index in [9.17, 15) is 13.2 Å². The number of hydrogen-bond acceptors (Lipinski definition) is 5. The summed E-state index contributed by atoms with van der Waals surface area (Å²) >= 11 is 1.36. The van der Waals surface area contributed by atoms with E-state index in [-0.39, 0.29) is 5.75 Å². The second kappa shape index (κ2) is 6.58. The average Bonchev–Trinajstić information content (AvgIpc) is 2.80. The highest BCUT2D eigenvalue weighted by molar-refractivity contribution is 7.91. The molecule has 0 unspecified atom stereocenters. The van der Waals surface area contributed by atoms with Gasteiger partial charge in [-0.1, -0.05) is 30.3 Å². The van der Waals surface area contributed by atoms with Crippen molar-refractivity contribution in [2.24, 2.45) is 0 Å². The second-order valence-electron chi connectivity index (χ2n) is 5.21. The Morgan fingerprint density at radius 2 is 1.86 bits per heavy atom. The van der Waals surface area contributed by atoms with Crippen LogP contribution in [0.2, 0.25) is 0 Å². The molecule has 0 aliphatic heterocycles. The summed E-state index contributed by atoms with van der Waals surface area (Å²) < 4.78 is 24.3. The smallest absolute Gasteiger partial charge is 0.237 e. The van der Waals surface area contributed by atoms with E-state index in [1.807, 2.05) is 30.3 Å². The third-order valence-electron chi connectivity index (χ3n) is 3.11. The van der Waals surface area contributed by atoms with Crippen LogP contribution in [0, 0.1) is 6.92 Å². The summed E-state index contributed by atoms with van der Waals surface area (Å²) in [5.41, 5.74) is 1.66. The number of aromatic nitrogens is 1. The van der Waals surface area contributed by atoms with Gasteiger partial charge in [0.2, 0.25) is 5.91 Å². The number of sulfone groups is 1. The number of nitrogens with zero attached hydrogens (tertiary/aromatic N) is 2. The van der Waals surface area contributed by atoms with E-state index in [2.05, 4.69) is 4.98 Å². The van der Waals surface area contributed by atoms with Crippen molar-refractivity contribution in [1.82, 2.24) is 9.88 Å². The quantitative estimate of drug-likeness (QED) is 0.837. The lowest BCUT2D eigenvalue weighted by molar-refractivity contribution is -0.125. The number of carbonyl (C=O) groups excluding carboxylic acids is 1. The molecule has 2 aromatic rings. The number of carbonyl (C=O) groups is 1. The Hall–Kier alpha value is -1.73. The summed E-state index contributed by atoms with van der Waals surface area (Å²) in [7, 11) is -0.401. The first-order valence-electron chi connectivity index (χ1n) is 6.71. The van der Waals surface area contributed by atoms with Gasteiger partial charge in [-0.15, -0.1) is 11.3 Å². The van der Waals surface area contributed by atoms with Crippen molar-refractivity contribution in [2.45, 2.75) is 12.7 Å². The van der Waals surface area contributed by atoms with Crippen LogP contribution in [0.1, 0.15) is 10.6 Å². The van der Waals surface area contributed by atoms with Crippen molar-refractivity contribution >= 4 is 27.1 Å². The molecule has 0 saturated heterocycles. The summed E-state index contributed by atoms with van der Waals surface area (Å²) in [5, 5.41) is 0.794. The molecule has 7 heteroatoms. The molecule has 2 rings (SSSR count). The van der Waals surface area contributed by atoms with E-state index >= 15 is 0 Å². The lowest BCUT2D eigenvalue weighted by atomic mass is 10.2. The second-order valence-corrected chi connectivity index (χ2v) is 8.36. The van der Waals surface area contributed by atoms with Crippen molar-refractivity contribution in [1.29, 1.82) is 0 Å². The number of rotatable bonds is 5. The minimum absolute atomic E-state index is 0.150. The topological polar surface area (TPSA) is 67.3 Å². The first-order chi connectivity index (χ1) is 10.3. The molecule has 0 saturated carbocycles. The lowest BCUT2D eigenvalue weighted by Gasteiger charge is -2.10. The van der Waals surface area contributed by atoms with Crippen LogP contribution < -0.4 is 0 Å². The first-order valence-corrected chi connectivity index (χ1v) is 9.34. The Balaban J connectivity index is 2.20. The van der Waals surface area contributed by atoms with Gasteiger partial charge in [0.25, 0.3) is 0 Å². The van der Waals surface area contributed by atoms with Gasteiger partial charge < -0.3 is 4.90 Å². The van der Waals surface area contributed by atoms with Crippen molar-refractivity contribution in [3.05, 3.63) is 40.9 Å². The predicted molar refractivity (Wildman–Crippen MR) is 88.5 cm³/mol. The SMILES string of the molecule is Cc1nc(-c2ccccc2)sc1CS(=O)(=O)CC(=O)N(C)C. The van der Waals surface area contributed by atoms with Crippen molar-refractivity contribution in [2.75, 3.05) is 19.8 Å². The largest absolute Gasteiger partial charge is 0.348 e. The van der Waals surface area contributed by atoms with Gasteiger partial charge >= 0.3 is 0 Å². The summed E-state index contributed by atoms with van der Waals surface area (Å²) in [4.78, 5) is 18.0. The molecule has 0 aliphatic carbocycles. The highest BCUT2D eigenvalue weighted by Crippen LogP contribution is 2.29. The van der Waals surface area contributed by atoms with E-state index in [0.29, 0.717) is 10.6 Å². The van der Waals surface area contributed by atoms with Crippen LogP contribution in [0.25, 0.3) is 10.6 Å². The molecule has 118 valence electrons. The summed E-state index contributed by atoms with van der Waals surface area (Å²) in [6.07, 6.45) is 0. The maximum Gasteiger partial charge on any atom is 0.237 e. The molecule has 0 fully saturated rings. The zero-order chi connectivity index (χ0) is 16.3. The fourth-order valence-corrected chi connectivity index (χ4v) is 4.82. The van der Waals surface area contributed by atoms with Gasteiger partial charge in [-0.2, -0.15) is 0 Å². The summed E-state index contributed by atoms with van der Waals surface area (Å²) in [6.45, 7) is 1.79. The van der Waals surface area contributed by atoms with Crippen molar-refractivity contribution in [3.8, 4) is 10.6 Å². The first kappa shape index (κ1) is 16.6. The molecule has 0 atom stereocenters. The normalized spacial score (nSPS) is 11.4. The number of hydrogen-bond donors (Lipinski definition) is 0. The molecule has 1 aromatic heterocycles. The molecule has 5 nitrogen and oxygen atoms in total. The molecule has 1 heterocycles. The van der Waals surface area contributed by atoms with Crippen LogP contribution in [-0.2, 0) is 20.4 Å². The van der Waals surface area contributed by atoms with Crippen LogP contribution in [0.15, 0.2) is 30.3 Å². The number of benzene rings is 1. The van der Waals surface area contributed by atoms with Crippen LogP contribution in [0.5, 0.6) is 0 Å². The van der Waals surface area contributed by atoms with Crippen molar-refractivity contribution in [3.63, 3.8) is 0 Å². The Bertz CT molecular complexity index is 765. The van der Waals surface area contributed by atoms with Crippen LogP contribution in [0.4, 0.5) is 0 Å². The van der Waals surface area contributed by atoms with Gasteiger partial charge in [0.1, 0.15) is 10.8 Å². The third-order valence-corrected chi connectivity index (χ3v) is 5.91. The van der Waals surface area contributed by atoms with E-state index in [0.717, 1.165) is 10.6 Å². The Kier molecular flexibility index (Phi) is 4.97. The fourth-order valence-electron chi connectivity index (χ4n) is 1.83. The van der Waals surface area contributed by atoms with Gasteiger partial charge in [-0.3, -0.25) is 4.79 Å². The molecular formula is C15H18N2O3S2. The van der Waals surface area contributed by atoms with Gasteiger partial charge in [0.15, 0.2) is 9.84 Å². The fraction of sp³-hybridized carbons (Fsp3) is 0.333. The van der Waals surface area contributed by atoms with Crippen LogP contribution in [0.3, 0.4) is 0 Å². The molecule has 0 radical (unpaired) electrons. The maximum atomic E-state index is 12.1. The molecule has 0 bridgehead atoms. The zero-order valence-electron chi connectivity index (χ0n) is 12.7. The van der Waals surface area contributed by atoms with E-state index in [1.54, 1.807) is 21.0 Å². The van der Waals surface area contributed by atoms with E-state index in [4.69, 9.17) is 0 Å². The van der Waals surface area contributed by atoms with Gasteiger partial charge in [-0.05, 0) is 6.92 Å². The third kappa shape index (κ3) is 4.14. The minimum Gasteiger partial charge on any atom is -0.348 e. The average molecular weight is 338 g/mol. The lowest BCUT2D eigenvalue weighted by Crippen LogP contribution is -2.29. The van der Waals surface area contributed by atoms with E-state index in [1.165, 1.54) is 16.2 Å². The molecule has 1 aromatic carbocycles. The van der Waals surface area contributed by atoms with Gasteiger partial charge in [0, 0.05) is 24.5 Å². The Labute approximate surface area is 134 Å². The Morgan fingerprint density at radius 3 is 2.45 bits per heavy atom. The molecule has 1 amide bonds. The number of amides is 1. The monoisotopic (exact) mass is 338 g/mol. The van der Waals surface area contributed by atoms with Crippen molar-refractivity contribution < 1.29 is 13.2 Å². The van der Waals surface area contributed by atoms with Gasteiger partial charge in [-0.25, -0.2) is 13.4 Å². The zero-order valence-corrected chi connectivity index (χ0v) is 14.4. The molecule has 0 spiro atoms. The minimum atomic E-state index is -3.49. The van der Waals surface area contributed by atoms with Crippen LogP contribution in [-0.4, -0.2) is 44.1 Å². The highest BCUT2D eigenvalue weighted by atomic mass is 32.2. The Morgan fingerprint density at radius 1 is 1.23 bits per heavy atom. The summed E-state index contributed by atoms with van der Waals surface area (Å²) in [6, 6.07) is 9.62. The maximum absolute atomic E-state index is 12.1. The van der Waals surface area contributed by atoms with Gasteiger partial charge in [0.05, 0.1) is 11.4 Å². The molecule has 0 N–H and O–H groups in total. The van der Waals surface area contributed by atoms with Crippen LogP contribution >= 0.6 is 11.3 Å². The molecular weight excluding hydrogens is 320 g/mol. The standard InChI is InChI=1S/C15H18N2O3S2/c1-11-13(9-22(19,20)10-14(18)17(2)3)21-15(16-11)12-7-5-4-6-8-12/h4-8H,9-10H2,1-3H3. The summed E-state index contributed by atoms with van der Waals surface area (Å²) in [5.74, 6) is -1.04.